The molecule has 0 spiro atoms. The molecule has 1 saturated heterocycles. The van der Waals surface area contributed by atoms with Crippen LogP contribution in [0.5, 0.6) is 5.75 Å². The largest absolute Gasteiger partial charge is 0.487 e. The van der Waals surface area contributed by atoms with Gasteiger partial charge in [0.05, 0.1) is 6.61 Å². The molecule has 3 heteroatoms. The van der Waals surface area contributed by atoms with E-state index in [9.17, 15) is 0 Å². The predicted octanol–water partition coefficient (Wildman–Crippen LogP) is 2.80. The summed E-state index contributed by atoms with van der Waals surface area (Å²) in [4.78, 5) is 0. The van der Waals surface area contributed by atoms with E-state index in [0.29, 0.717) is 0 Å². The van der Waals surface area contributed by atoms with Crippen LogP contribution < -0.4 is 10.1 Å². The van der Waals surface area contributed by atoms with Gasteiger partial charge in [-0.25, -0.2) is 0 Å². The Labute approximate surface area is 115 Å². The molecule has 19 heavy (non-hydrogen) atoms. The van der Waals surface area contributed by atoms with Crippen LogP contribution in [-0.4, -0.2) is 25.4 Å². The zero-order valence-electron chi connectivity index (χ0n) is 11.7. The topological polar surface area (TPSA) is 30.5 Å². The number of benzene rings is 1. The number of para-hydroxylation sites is 1. The minimum absolute atomic E-state index is 0.217. The highest BCUT2D eigenvalue weighted by molar-refractivity contribution is 5.41. The van der Waals surface area contributed by atoms with Crippen LogP contribution in [0.3, 0.4) is 0 Å². The van der Waals surface area contributed by atoms with Crippen LogP contribution in [0.2, 0.25) is 0 Å². The maximum Gasteiger partial charge on any atom is 0.127 e. The average Bonchev–Trinajstić information content (AvgIpc) is 3.25. The first-order valence-electron chi connectivity index (χ1n) is 7.39. The highest BCUT2D eigenvalue weighted by Gasteiger charge is 2.22. The summed E-state index contributed by atoms with van der Waals surface area (Å²) in [7, 11) is 0. The Bertz CT molecular complexity index is 423. The molecule has 0 amide bonds. The zero-order valence-corrected chi connectivity index (χ0v) is 11.7. The molecule has 3 rings (SSSR count). The maximum atomic E-state index is 6.20. The van der Waals surface area contributed by atoms with Crippen molar-refractivity contribution in [3.8, 4) is 5.75 Å². The van der Waals surface area contributed by atoms with E-state index in [2.05, 4.69) is 30.4 Å². The molecule has 1 aliphatic heterocycles. The SMILES string of the molecule is Cc1cccc(CNC2CC2)c1OC1CCCOC1. The van der Waals surface area contributed by atoms with E-state index in [-0.39, 0.29) is 6.10 Å². The number of ether oxygens (including phenoxy) is 2. The molecule has 0 bridgehead atoms. The van der Waals surface area contributed by atoms with Crippen molar-refractivity contribution in [2.75, 3.05) is 13.2 Å². The summed E-state index contributed by atoms with van der Waals surface area (Å²) in [6, 6.07) is 7.14. The van der Waals surface area contributed by atoms with Gasteiger partial charge < -0.3 is 14.8 Å². The number of hydrogen-bond donors (Lipinski definition) is 1. The molecule has 0 radical (unpaired) electrons. The second kappa shape index (κ2) is 5.93. The van der Waals surface area contributed by atoms with Gasteiger partial charge in [-0.3, -0.25) is 0 Å². The van der Waals surface area contributed by atoms with Crippen LogP contribution in [-0.2, 0) is 11.3 Å². The van der Waals surface area contributed by atoms with Crippen molar-refractivity contribution in [1.29, 1.82) is 0 Å². The van der Waals surface area contributed by atoms with Gasteiger partial charge in [0.15, 0.2) is 0 Å². The Morgan fingerprint density at radius 3 is 2.95 bits per heavy atom. The molecule has 104 valence electrons. The van der Waals surface area contributed by atoms with E-state index in [1.807, 2.05) is 0 Å². The molecule has 1 aromatic rings. The molecule has 3 nitrogen and oxygen atoms in total. The lowest BCUT2D eigenvalue weighted by Crippen LogP contribution is -2.29. The zero-order chi connectivity index (χ0) is 13.1. The van der Waals surface area contributed by atoms with Gasteiger partial charge in [0.25, 0.3) is 0 Å². The molecule has 1 aromatic carbocycles. The van der Waals surface area contributed by atoms with Crippen LogP contribution in [0.15, 0.2) is 18.2 Å². The van der Waals surface area contributed by atoms with Crippen molar-refractivity contribution in [3.63, 3.8) is 0 Å². The highest BCUT2D eigenvalue weighted by atomic mass is 16.5. The van der Waals surface area contributed by atoms with Crippen LogP contribution in [0.25, 0.3) is 0 Å². The Morgan fingerprint density at radius 2 is 2.21 bits per heavy atom. The average molecular weight is 261 g/mol. The van der Waals surface area contributed by atoms with Crippen LogP contribution in [0.4, 0.5) is 0 Å². The van der Waals surface area contributed by atoms with Crippen molar-refractivity contribution < 1.29 is 9.47 Å². The summed E-state index contributed by atoms with van der Waals surface area (Å²) >= 11 is 0. The molecular weight excluding hydrogens is 238 g/mol. The van der Waals surface area contributed by atoms with E-state index in [4.69, 9.17) is 9.47 Å². The van der Waals surface area contributed by atoms with Gasteiger partial charge in [-0.1, -0.05) is 18.2 Å². The first kappa shape index (κ1) is 12.9. The first-order chi connectivity index (χ1) is 9.33. The fourth-order valence-electron chi connectivity index (χ4n) is 2.53. The molecule has 1 saturated carbocycles. The van der Waals surface area contributed by atoms with Gasteiger partial charge in [-0.2, -0.15) is 0 Å². The van der Waals surface area contributed by atoms with Crippen molar-refractivity contribution in [3.05, 3.63) is 29.3 Å². The summed E-state index contributed by atoms with van der Waals surface area (Å²) in [5, 5.41) is 3.57. The third-order valence-corrected chi connectivity index (χ3v) is 3.86. The van der Waals surface area contributed by atoms with Crippen molar-refractivity contribution in [2.45, 2.75) is 51.3 Å². The monoisotopic (exact) mass is 261 g/mol. The van der Waals surface area contributed by atoms with Crippen molar-refractivity contribution in [2.24, 2.45) is 0 Å². The molecule has 2 aliphatic rings. The maximum absolute atomic E-state index is 6.20. The molecule has 1 heterocycles. The molecule has 1 atom stereocenters. The van der Waals surface area contributed by atoms with Gasteiger partial charge >= 0.3 is 0 Å². The molecule has 2 fully saturated rings. The first-order valence-corrected chi connectivity index (χ1v) is 7.39. The Morgan fingerprint density at radius 1 is 1.32 bits per heavy atom. The van der Waals surface area contributed by atoms with E-state index in [0.717, 1.165) is 44.4 Å². The second-order valence-corrected chi connectivity index (χ2v) is 5.68. The lowest BCUT2D eigenvalue weighted by atomic mass is 10.1. The van der Waals surface area contributed by atoms with Crippen LogP contribution in [0, 0.1) is 6.92 Å². The fraction of sp³-hybridized carbons (Fsp3) is 0.625. The summed E-state index contributed by atoms with van der Waals surface area (Å²) < 4.78 is 11.7. The van der Waals surface area contributed by atoms with Gasteiger partial charge in [-0.05, 0) is 38.2 Å². The van der Waals surface area contributed by atoms with Gasteiger partial charge in [-0.15, -0.1) is 0 Å². The number of aryl methyl sites for hydroxylation is 1. The van der Waals surface area contributed by atoms with Crippen LogP contribution >= 0.6 is 0 Å². The van der Waals surface area contributed by atoms with E-state index in [1.54, 1.807) is 0 Å². The predicted molar refractivity (Wildman–Crippen MR) is 75.5 cm³/mol. The standard InChI is InChI=1S/C16H23NO2/c1-12-4-2-5-13(10-17-14-7-8-14)16(12)19-15-6-3-9-18-11-15/h2,4-5,14-15,17H,3,6-11H2,1H3. The molecule has 0 aromatic heterocycles. The summed E-state index contributed by atoms with van der Waals surface area (Å²) in [5.41, 5.74) is 2.50. The second-order valence-electron chi connectivity index (χ2n) is 5.68. The van der Waals surface area contributed by atoms with Crippen molar-refractivity contribution in [1.82, 2.24) is 5.32 Å². The Hall–Kier alpha value is -1.06. The third kappa shape index (κ3) is 3.48. The smallest absolute Gasteiger partial charge is 0.127 e. The normalized spacial score (nSPS) is 23.3. The van der Waals surface area contributed by atoms with E-state index in [1.165, 1.54) is 24.0 Å². The quantitative estimate of drug-likeness (QED) is 0.884. The summed E-state index contributed by atoms with van der Waals surface area (Å²) in [5.74, 6) is 1.06. The third-order valence-electron chi connectivity index (χ3n) is 3.86. The van der Waals surface area contributed by atoms with Crippen molar-refractivity contribution >= 4 is 0 Å². The van der Waals surface area contributed by atoms with E-state index >= 15 is 0 Å². The molecule has 1 aliphatic carbocycles. The lowest BCUT2D eigenvalue weighted by Gasteiger charge is -2.25. The van der Waals surface area contributed by atoms with E-state index < -0.39 is 0 Å². The minimum Gasteiger partial charge on any atom is -0.487 e. The Kier molecular flexibility index (Phi) is 4.04. The highest BCUT2D eigenvalue weighted by Crippen LogP contribution is 2.27. The molecule has 1 N–H and O–H groups in total. The number of hydrogen-bond acceptors (Lipinski definition) is 3. The van der Waals surface area contributed by atoms with Crippen LogP contribution in [0.1, 0.15) is 36.8 Å². The lowest BCUT2D eigenvalue weighted by molar-refractivity contribution is 0.00672. The van der Waals surface area contributed by atoms with Gasteiger partial charge in [0, 0.05) is 24.8 Å². The molecular formula is C16H23NO2. The summed E-state index contributed by atoms with van der Waals surface area (Å²) in [6.07, 6.45) is 5.06. The van der Waals surface area contributed by atoms with Gasteiger partial charge in [0.2, 0.25) is 0 Å². The van der Waals surface area contributed by atoms with Gasteiger partial charge in [0.1, 0.15) is 11.9 Å². The fourth-order valence-corrected chi connectivity index (χ4v) is 2.53. The summed E-state index contributed by atoms with van der Waals surface area (Å²) in [6.45, 7) is 4.64. The number of rotatable bonds is 5. The Balaban J connectivity index is 1.69. The molecule has 1 unspecified atom stereocenters. The number of nitrogens with one attached hydrogen (secondary N) is 1. The minimum atomic E-state index is 0.217.